The van der Waals surface area contributed by atoms with Crippen LogP contribution in [0.5, 0.6) is 0 Å². The molecule has 2 fully saturated rings. The monoisotopic (exact) mass is 293 g/mol. The number of rotatable bonds is 4. The summed E-state index contributed by atoms with van der Waals surface area (Å²) in [5.74, 6) is 0. The number of hydrogen-bond acceptors (Lipinski definition) is 2. The second kappa shape index (κ2) is 6.05. The van der Waals surface area contributed by atoms with Crippen molar-refractivity contribution in [2.45, 2.75) is 63.2 Å². The SMILES string of the molecule is C[C@@H](NC[C@H]1CCC2(CCCC2)O1)c1ccccc1Cl. The third kappa shape index (κ3) is 3.03. The molecule has 1 aliphatic carbocycles. The molecule has 1 aromatic rings. The van der Waals surface area contributed by atoms with E-state index in [9.17, 15) is 0 Å². The predicted octanol–water partition coefficient (Wildman–Crippen LogP) is 4.48. The van der Waals surface area contributed by atoms with E-state index in [1.54, 1.807) is 0 Å². The van der Waals surface area contributed by atoms with Crippen molar-refractivity contribution in [1.29, 1.82) is 0 Å². The Morgan fingerprint density at radius 3 is 2.80 bits per heavy atom. The third-order valence-corrected chi connectivity index (χ3v) is 5.22. The van der Waals surface area contributed by atoms with Gasteiger partial charge in [-0.1, -0.05) is 42.6 Å². The minimum absolute atomic E-state index is 0.236. The summed E-state index contributed by atoms with van der Waals surface area (Å²) >= 11 is 6.24. The lowest BCUT2D eigenvalue weighted by molar-refractivity contribution is -0.0357. The Balaban J connectivity index is 1.52. The lowest BCUT2D eigenvalue weighted by atomic mass is 9.98. The highest BCUT2D eigenvalue weighted by Gasteiger charge is 2.41. The van der Waals surface area contributed by atoms with E-state index in [1.165, 1.54) is 44.1 Å². The van der Waals surface area contributed by atoms with Crippen molar-refractivity contribution in [2.75, 3.05) is 6.54 Å². The minimum Gasteiger partial charge on any atom is -0.370 e. The largest absolute Gasteiger partial charge is 0.370 e. The molecule has 2 nitrogen and oxygen atoms in total. The van der Waals surface area contributed by atoms with E-state index in [2.05, 4.69) is 18.3 Å². The number of nitrogens with one attached hydrogen (secondary N) is 1. The summed E-state index contributed by atoms with van der Waals surface area (Å²) in [4.78, 5) is 0. The average Bonchev–Trinajstić information content (AvgIpc) is 3.07. The van der Waals surface area contributed by atoms with Gasteiger partial charge in [-0.25, -0.2) is 0 Å². The first-order chi connectivity index (χ1) is 9.69. The van der Waals surface area contributed by atoms with Gasteiger partial charge in [0.05, 0.1) is 11.7 Å². The summed E-state index contributed by atoms with van der Waals surface area (Å²) < 4.78 is 6.33. The first kappa shape index (κ1) is 14.4. The van der Waals surface area contributed by atoms with Gasteiger partial charge in [-0.15, -0.1) is 0 Å². The molecule has 1 aliphatic heterocycles. The molecule has 1 saturated carbocycles. The zero-order valence-corrected chi connectivity index (χ0v) is 13.0. The summed E-state index contributed by atoms with van der Waals surface area (Å²) in [6.45, 7) is 3.09. The maximum Gasteiger partial charge on any atom is 0.0708 e. The Kier molecular flexibility index (Phi) is 4.34. The second-order valence-corrected chi connectivity index (χ2v) is 6.73. The van der Waals surface area contributed by atoms with Gasteiger partial charge in [-0.2, -0.15) is 0 Å². The lowest BCUT2D eigenvalue weighted by Gasteiger charge is -2.25. The van der Waals surface area contributed by atoms with Crippen LogP contribution < -0.4 is 5.32 Å². The Labute approximate surface area is 126 Å². The maximum absolute atomic E-state index is 6.33. The Bertz CT molecular complexity index is 456. The normalized spacial score (nSPS) is 26.2. The van der Waals surface area contributed by atoms with E-state index >= 15 is 0 Å². The van der Waals surface area contributed by atoms with Crippen molar-refractivity contribution in [3.8, 4) is 0 Å². The molecule has 2 aliphatic rings. The molecule has 3 rings (SSSR count). The Morgan fingerprint density at radius 1 is 1.30 bits per heavy atom. The third-order valence-electron chi connectivity index (χ3n) is 4.88. The fourth-order valence-corrected chi connectivity index (χ4v) is 3.97. The van der Waals surface area contributed by atoms with Gasteiger partial charge >= 0.3 is 0 Å². The van der Waals surface area contributed by atoms with Crippen LogP contribution in [0.4, 0.5) is 0 Å². The van der Waals surface area contributed by atoms with Gasteiger partial charge in [0.15, 0.2) is 0 Å². The van der Waals surface area contributed by atoms with E-state index in [4.69, 9.17) is 16.3 Å². The zero-order valence-electron chi connectivity index (χ0n) is 12.2. The quantitative estimate of drug-likeness (QED) is 0.883. The smallest absolute Gasteiger partial charge is 0.0708 e. The summed E-state index contributed by atoms with van der Waals surface area (Å²) in [7, 11) is 0. The summed E-state index contributed by atoms with van der Waals surface area (Å²) in [5.41, 5.74) is 1.41. The van der Waals surface area contributed by atoms with Crippen LogP contribution in [-0.2, 0) is 4.74 Å². The highest BCUT2D eigenvalue weighted by atomic mass is 35.5. The van der Waals surface area contributed by atoms with Gasteiger partial charge in [0.2, 0.25) is 0 Å². The molecule has 0 unspecified atom stereocenters. The number of hydrogen-bond donors (Lipinski definition) is 1. The fraction of sp³-hybridized carbons (Fsp3) is 0.647. The molecular weight excluding hydrogens is 270 g/mol. The minimum atomic E-state index is 0.236. The van der Waals surface area contributed by atoms with Crippen LogP contribution in [0.3, 0.4) is 0 Å². The van der Waals surface area contributed by atoms with E-state index < -0.39 is 0 Å². The molecule has 0 bridgehead atoms. The molecule has 110 valence electrons. The van der Waals surface area contributed by atoms with Gasteiger partial charge in [0.25, 0.3) is 0 Å². The second-order valence-electron chi connectivity index (χ2n) is 6.32. The van der Waals surface area contributed by atoms with Gasteiger partial charge < -0.3 is 10.1 Å². The highest BCUT2D eigenvalue weighted by molar-refractivity contribution is 6.31. The molecule has 1 N–H and O–H groups in total. The van der Waals surface area contributed by atoms with Crippen LogP contribution >= 0.6 is 11.6 Å². The van der Waals surface area contributed by atoms with Gasteiger partial charge in [0, 0.05) is 17.6 Å². The molecule has 1 aromatic carbocycles. The molecule has 0 radical (unpaired) electrons. The van der Waals surface area contributed by atoms with E-state index in [0.29, 0.717) is 6.10 Å². The first-order valence-corrected chi connectivity index (χ1v) is 8.22. The molecule has 20 heavy (non-hydrogen) atoms. The maximum atomic E-state index is 6.33. The van der Waals surface area contributed by atoms with Crippen molar-refractivity contribution in [3.05, 3.63) is 34.9 Å². The van der Waals surface area contributed by atoms with Crippen LogP contribution in [-0.4, -0.2) is 18.2 Å². The Morgan fingerprint density at radius 2 is 2.05 bits per heavy atom. The van der Waals surface area contributed by atoms with Crippen molar-refractivity contribution in [2.24, 2.45) is 0 Å². The molecule has 1 heterocycles. The summed E-state index contributed by atoms with van der Waals surface area (Å²) in [6, 6.07) is 8.33. The van der Waals surface area contributed by atoms with Gasteiger partial charge in [-0.3, -0.25) is 0 Å². The van der Waals surface area contributed by atoms with Gasteiger partial charge in [-0.05, 0) is 44.2 Å². The number of halogens is 1. The van der Waals surface area contributed by atoms with Crippen molar-refractivity contribution in [1.82, 2.24) is 5.32 Å². The van der Waals surface area contributed by atoms with E-state index in [0.717, 1.165) is 11.6 Å². The van der Waals surface area contributed by atoms with Crippen LogP contribution in [0.2, 0.25) is 5.02 Å². The average molecular weight is 294 g/mol. The molecule has 3 heteroatoms. The fourth-order valence-electron chi connectivity index (χ4n) is 3.67. The molecule has 1 spiro atoms. The van der Waals surface area contributed by atoms with Crippen molar-refractivity contribution in [3.63, 3.8) is 0 Å². The number of ether oxygens (including phenoxy) is 1. The van der Waals surface area contributed by atoms with Crippen LogP contribution in [0.25, 0.3) is 0 Å². The molecular formula is C17H24ClNO. The molecule has 0 amide bonds. The van der Waals surface area contributed by atoms with Crippen LogP contribution in [0.1, 0.15) is 57.1 Å². The van der Waals surface area contributed by atoms with E-state index in [1.807, 2.05) is 18.2 Å². The first-order valence-electron chi connectivity index (χ1n) is 7.84. The topological polar surface area (TPSA) is 21.3 Å². The summed E-state index contributed by atoms with van der Waals surface area (Å²) in [5, 5.41) is 4.42. The molecule has 2 atom stereocenters. The lowest BCUT2D eigenvalue weighted by Crippen LogP contribution is -2.32. The number of benzene rings is 1. The van der Waals surface area contributed by atoms with Crippen LogP contribution in [0.15, 0.2) is 24.3 Å². The van der Waals surface area contributed by atoms with Crippen LogP contribution in [0, 0.1) is 0 Å². The Hall–Kier alpha value is -0.570. The van der Waals surface area contributed by atoms with Crippen molar-refractivity contribution < 1.29 is 4.74 Å². The predicted molar refractivity (Wildman–Crippen MR) is 83.2 cm³/mol. The summed E-state index contributed by atoms with van der Waals surface area (Å²) in [6.07, 6.45) is 8.04. The zero-order chi connectivity index (χ0) is 14.0. The van der Waals surface area contributed by atoms with Crippen molar-refractivity contribution >= 4 is 11.6 Å². The standard InChI is InChI=1S/C17H24ClNO/c1-13(15-6-2-3-7-16(15)18)19-12-14-8-11-17(20-14)9-4-5-10-17/h2-3,6-7,13-14,19H,4-5,8-12H2,1H3/t13-,14-/m1/s1. The van der Waals surface area contributed by atoms with E-state index in [-0.39, 0.29) is 11.6 Å². The van der Waals surface area contributed by atoms with Gasteiger partial charge in [0.1, 0.15) is 0 Å². The molecule has 0 aromatic heterocycles. The highest BCUT2D eigenvalue weighted by Crippen LogP contribution is 2.43. The molecule has 1 saturated heterocycles.